The molecule has 1 aromatic heterocycles. The zero-order chi connectivity index (χ0) is 13.8. The van der Waals surface area contributed by atoms with Crippen molar-refractivity contribution in [1.29, 1.82) is 0 Å². The predicted octanol–water partition coefficient (Wildman–Crippen LogP) is 1.83. The van der Waals surface area contributed by atoms with Crippen LogP contribution in [0.5, 0.6) is 0 Å². The smallest absolute Gasteiger partial charge is 0.182 e. The lowest BCUT2D eigenvalue weighted by molar-refractivity contribution is 0.178. The fourth-order valence-corrected chi connectivity index (χ4v) is 2.03. The van der Waals surface area contributed by atoms with Gasteiger partial charge >= 0.3 is 0 Å². The largest absolute Gasteiger partial charge is 0.399 e. The maximum absolute atomic E-state index is 5.87. The molecule has 1 unspecified atom stereocenters. The SMILES string of the molecule is COCCC(C)n1nnnc1-c1cc(C)cc(N)c1. The van der Waals surface area contributed by atoms with Gasteiger partial charge in [0, 0.05) is 25.0 Å². The number of hydrogen-bond donors (Lipinski definition) is 1. The first-order valence-corrected chi connectivity index (χ1v) is 6.26. The van der Waals surface area contributed by atoms with Gasteiger partial charge in [-0.15, -0.1) is 5.10 Å². The molecule has 1 aromatic carbocycles. The van der Waals surface area contributed by atoms with Crippen molar-refractivity contribution < 1.29 is 4.74 Å². The highest BCUT2D eigenvalue weighted by molar-refractivity contribution is 5.62. The Balaban J connectivity index is 2.32. The number of ether oxygens (including phenoxy) is 1. The molecule has 102 valence electrons. The molecule has 2 aromatic rings. The minimum absolute atomic E-state index is 0.173. The van der Waals surface area contributed by atoms with Crippen molar-refractivity contribution in [3.8, 4) is 11.4 Å². The fraction of sp³-hybridized carbons (Fsp3) is 0.462. The van der Waals surface area contributed by atoms with E-state index in [1.165, 1.54) is 0 Å². The molecular weight excluding hydrogens is 242 g/mol. The molecule has 2 N–H and O–H groups in total. The van der Waals surface area contributed by atoms with Gasteiger partial charge in [0.25, 0.3) is 0 Å². The van der Waals surface area contributed by atoms with Crippen LogP contribution in [0.2, 0.25) is 0 Å². The van der Waals surface area contributed by atoms with Crippen molar-refractivity contribution in [1.82, 2.24) is 20.2 Å². The van der Waals surface area contributed by atoms with Gasteiger partial charge in [0.1, 0.15) is 0 Å². The molecule has 1 heterocycles. The minimum atomic E-state index is 0.173. The summed E-state index contributed by atoms with van der Waals surface area (Å²) in [6.07, 6.45) is 0.857. The quantitative estimate of drug-likeness (QED) is 0.831. The summed E-state index contributed by atoms with van der Waals surface area (Å²) in [6, 6.07) is 6.01. The average Bonchev–Trinajstić information content (AvgIpc) is 2.84. The second-order valence-corrected chi connectivity index (χ2v) is 4.71. The average molecular weight is 261 g/mol. The van der Waals surface area contributed by atoms with Gasteiger partial charge in [0.05, 0.1) is 6.04 Å². The monoisotopic (exact) mass is 261 g/mol. The third kappa shape index (κ3) is 3.08. The summed E-state index contributed by atoms with van der Waals surface area (Å²) in [6.45, 7) is 4.75. The lowest BCUT2D eigenvalue weighted by atomic mass is 10.1. The Bertz CT molecular complexity index is 531. The lowest BCUT2D eigenvalue weighted by Gasteiger charge is -2.13. The number of tetrazole rings is 1. The van der Waals surface area contributed by atoms with Gasteiger partial charge in [-0.1, -0.05) is 0 Å². The Morgan fingerprint density at radius 3 is 2.84 bits per heavy atom. The molecule has 0 spiro atoms. The maximum atomic E-state index is 5.87. The summed E-state index contributed by atoms with van der Waals surface area (Å²) in [5.74, 6) is 0.735. The molecule has 6 heteroatoms. The summed E-state index contributed by atoms with van der Waals surface area (Å²) in [7, 11) is 1.69. The highest BCUT2D eigenvalue weighted by Crippen LogP contribution is 2.23. The van der Waals surface area contributed by atoms with Crippen molar-refractivity contribution in [3.63, 3.8) is 0 Å². The van der Waals surface area contributed by atoms with E-state index in [1.54, 1.807) is 7.11 Å². The Hall–Kier alpha value is -1.95. The number of hydrogen-bond acceptors (Lipinski definition) is 5. The summed E-state index contributed by atoms with van der Waals surface area (Å²) < 4.78 is 6.91. The normalized spacial score (nSPS) is 12.6. The van der Waals surface area contributed by atoms with Crippen LogP contribution >= 0.6 is 0 Å². The van der Waals surface area contributed by atoms with Crippen LogP contribution in [0.4, 0.5) is 5.69 Å². The molecule has 19 heavy (non-hydrogen) atoms. The molecule has 0 aliphatic heterocycles. The Kier molecular flexibility index (Phi) is 4.11. The van der Waals surface area contributed by atoms with Crippen molar-refractivity contribution in [3.05, 3.63) is 23.8 Å². The summed E-state index contributed by atoms with van der Waals surface area (Å²) in [5.41, 5.74) is 8.62. The fourth-order valence-electron chi connectivity index (χ4n) is 2.03. The molecular formula is C13H19N5O. The van der Waals surface area contributed by atoms with E-state index in [1.807, 2.05) is 29.8 Å². The van der Waals surface area contributed by atoms with E-state index < -0.39 is 0 Å². The van der Waals surface area contributed by atoms with Crippen LogP contribution in [0.25, 0.3) is 11.4 Å². The number of anilines is 1. The Labute approximate surface area is 112 Å². The molecule has 1 atom stereocenters. The van der Waals surface area contributed by atoms with Gasteiger partial charge in [-0.05, 0) is 54.5 Å². The van der Waals surface area contributed by atoms with E-state index in [0.717, 1.165) is 23.4 Å². The van der Waals surface area contributed by atoms with E-state index in [2.05, 4.69) is 22.4 Å². The molecule has 6 nitrogen and oxygen atoms in total. The Morgan fingerprint density at radius 2 is 2.16 bits per heavy atom. The van der Waals surface area contributed by atoms with Gasteiger partial charge in [-0.2, -0.15) is 0 Å². The molecule has 0 bridgehead atoms. The van der Waals surface area contributed by atoms with Crippen molar-refractivity contribution in [2.75, 3.05) is 19.5 Å². The second-order valence-electron chi connectivity index (χ2n) is 4.71. The molecule has 0 aliphatic rings. The lowest BCUT2D eigenvalue weighted by Crippen LogP contribution is -2.11. The number of aromatic nitrogens is 4. The van der Waals surface area contributed by atoms with Gasteiger partial charge in [0.15, 0.2) is 5.82 Å². The molecule has 0 saturated heterocycles. The minimum Gasteiger partial charge on any atom is -0.399 e. The van der Waals surface area contributed by atoms with E-state index >= 15 is 0 Å². The van der Waals surface area contributed by atoms with Crippen LogP contribution in [0.15, 0.2) is 18.2 Å². The Morgan fingerprint density at radius 1 is 1.37 bits per heavy atom. The summed E-state index contributed by atoms with van der Waals surface area (Å²) >= 11 is 0. The first-order valence-electron chi connectivity index (χ1n) is 6.26. The second kappa shape index (κ2) is 5.79. The zero-order valence-electron chi connectivity index (χ0n) is 11.5. The first kappa shape index (κ1) is 13.5. The number of nitrogens with zero attached hydrogens (tertiary/aromatic N) is 4. The summed E-state index contributed by atoms with van der Waals surface area (Å²) in [4.78, 5) is 0. The van der Waals surface area contributed by atoms with Crippen LogP contribution < -0.4 is 5.73 Å². The molecule has 2 rings (SSSR count). The third-order valence-electron chi connectivity index (χ3n) is 3.01. The van der Waals surface area contributed by atoms with Gasteiger partial charge < -0.3 is 10.5 Å². The molecule has 0 fully saturated rings. The van der Waals surface area contributed by atoms with Crippen molar-refractivity contribution in [2.24, 2.45) is 0 Å². The third-order valence-corrected chi connectivity index (χ3v) is 3.01. The first-order chi connectivity index (χ1) is 9.11. The number of rotatable bonds is 5. The van der Waals surface area contributed by atoms with E-state index in [-0.39, 0.29) is 6.04 Å². The zero-order valence-corrected chi connectivity index (χ0v) is 11.5. The number of nitrogen functional groups attached to an aromatic ring is 1. The number of benzene rings is 1. The van der Waals surface area contributed by atoms with Crippen LogP contribution in [0, 0.1) is 6.92 Å². The topological polar surface area (TPSA) is 78.8 Å². The highest BCUT2D eigenvalue weighted by atomic mass is 16.5. The molecule has 0 radical (unpaired) electrons. The van der Waals surface area contributed by atoms with Gasteiger partial charge in [-0.3, -0.25) is 0 Å². The molecule has 0 amide bonds. The van der Waals surface area contributed by atoms with Crippen LogP contribution in [-0.4, -0.2) is 33.9 Å². The van der Waals surface area contributed by atoms with Gasteiger partial charge in [-0.25, -0.2) is 4.68 Å². The maximum Gasteiger partial charge on any atom is 0.182 e. The number of methoxy groups -OCH3 is 1. The van der Waals surface area contributed by atoms with Crippen LogP contribution in [0.3, 0.4) is 0 Å². The van der Waals surface area contributed by atoms with Gasteiger partial charge in [0.2, 0.25) is 0 Å². The van der Waals surface area contributed by atoms with E-state index in [4.69, 9.17) is 10.5 Å². The van der Waals surface area contributed by atoms with E-state index in [0.29, 0.717) is 12.3 Å². The van der Waals surface area contributed by atoms with Crippen molar-refractivity contribution in [2.45, 2.75) is 26.3 Å². The van der Waals surface area contributed by atoms with Crippen LogP contribution in [-0.2, 0) is 4.74 Å². The van der Waals surface area contributed by atoms with Crippen molar-refractivity contribution >= 4 is 5.69 Å². The summed E-state index contributed by atoms with van der Waals surface area (Å²) in [5, 5.41) is 11.9. The highest BCUT2D eigenvalue weighted by Gasteiger charge is 2.15. The number of nitrogens with two attached hydrogens (primary N) is 1. The van der Waals surface area contributed by atoms with Crippen LogP contribution in [0.1, 0.15) is 24.9 Å². The predicted molar refractivity (Wildman–Crippen MR) is 73.6 cm³/mol. The molecule has 0 aliphatic carbocycles. The number of aryl methyl sites for hydroxylation is 1. The van der Waals surface area contributed by atoms with E-state index in [9.17, 15) is 0 Å². The standard InChI is InChI=1S/C13H19N5O/c1-9-6-11(8-12(14)7-9)13-15-16-17-18(13)10(2)4-5-19-3/h6-8,10H,4-5,14H2,1-3H3. The molecule has 0 saturated carbocycles.